The average Bonchev–Trinajstić information content (AvgIpc) is 3.18. The van der Waals surface area contributed by atoms with E-state index in [0.717, 1.165) is 32.1 Å². The number of carboxylic acids is 1. The highest BCUT2D eigenvalue weighted by molar-refractivity contribution is 7.89. The van der Waals surface area contributed by atoms with Gasteiger partial charge in [-0.2, -0.15) is 0 Å². The Hall–Kier alpha value is -3.17. The van der Waals surface area contributed by atoms with Gasteiger partial charge < -0.3 is 14.8 Å². The second kappa shape index (κ2) is 8.76. The van der Waals surface area contributed by atoms with Crippen LogP contribution in [0.4, 0.5) is 0 Å². The minimum absolute atomic E-state index is 0.0122. The third-order valence-electron chi connectivity index (χ3n) is 5.80. The van der Waals surface area contributed by atoms with E-state index in [-0.39, 0.29) is 27.9 Å². The van der Waals surface area contributed by atoms with Gasteiger partial charge in [-0.1, -0.05) is 37.5 Å². The van der Waals surface area contributed by atoms with Crippen molar-refractivity contribution in [2.45, 2.75) is 43.0 Å². The number of nitrogens with one attached hydrogen (secondary N) is 2. The second-order valence-corrected chi connectivity index (χ2v) is 9.56. The van der Waals surface area contributed by atoms with E-state index in [1.54, 1.807) is 30.3 Å². The molecule has 1 saturated carbocycles. The van der Waals surface area contributed by atoms with Crippen LogP contribution in [0.25, 0.3) is 22.2 Å². The van der Waals surface area contributed by atoms with E-state index >= 15 is 0 Å². The fourth-order valence-electron chi connectivity index (χ4n) is 4.25. The van der Waals surface area contributed by atoms with Crippen LogP contribution in [-0.2, 0) is 14.8 Å². The number of aliphatic carboxylic acids is 1. The van der Waals surface area contributed by atoms with Crippen LogP contribution in [0, 0.1) is 0 Å². The summed E-state index contributed by atoms with van der Waals surface area (Å²) in [5.41, 5.74) is 1.18. The average molecular weight is 457 g/mol. The molecule has 4 rings (SSSR count). The first-order chi connectivity index (χ1) is 15.3. The number of aromatic nitrogens is 1. The third kappa shape index (κ3) is 4.13. The number of sulfonamides is 1. The van der Waals surface area contributed by atoms with Crippen molar-refractivity contribution in [2.24, 2.45) is 0 Å². The van der Waals surface area contributed by atoms with Crippen molar-refractivity contribution >= 4 is 32.7 Å². The SMILES string of the molecule is COc1ccc(-c2[nH]c3ccccc3c2C(=O)C(=O)O)cc1S(=O)(=O)NC1CCCCC1. The number of rotatable bonds is 7. The standard InChI is InChI=1S/C23H24N2O6S/c1-31-18-12-11-14(13-19(18)32(29,30)25-15-7-3-2-4-8-15)21-20(22(26)23(27)28)16-9-5-6-10-17(16)24-21/h5-6,9-13,15,24-25H,2-4,7-8H2,1H3,(H,27,28). The molecule has 0 unspecified atom stereocenters. The maximum absolute atomic E-state index is 13.2. The summed E-state index contributed by atoms with van der Waals surface area (Å²) in [7, 11) is -2.52. The van der Waals surface area contributed by atoms with E-state index in [0.29, 0.717) is 16.5 Å². The molecular formula is C23H24N2O6S. The van der Waals surface area contributed by atoms with Gasteiger partial charge >= 0.3 is 5.97 Å². The van der Waals surface area contributed by atoms with E-state index in [9.17, 15) is 23.1 Å². The van der Waals surface area contributed by atoms with Gasteiger partial charge in [0.25, 0.3) is 5.78 Å². The number of carbonyl (C=O) groups is 2. The fraction of sp³-hybridized carbons (Fsp3) is 0.304. The Bertz CT molecular complexity index is 1290. The van der Waals surface area contributed by atoms with Gasteiger partial charge in [0.2, 0.25) is 10.0 Å². The molecule has 0 amide bonds. The van der Waals surface area contributed by atoms with Crippen LogP contribution in [0.5, 0.6) is 5.75 Å². The summed E-state index contributed by atoms with van der Waals surface area (Å²) < 4.78 is 34.5. The van der Waals surface area contributed by atoms with Crippen molar-refractivity contribution in [1.29, 1.82) is 0 Å². The zero-order valence-corrected chi connectivity index (χ0v) is 18.4. The highest BCUT2D eigenvalue weighted by Crippen LogP contribution is 2.35. The number of fused-ring (bicyclic) bond motifs is 1. The van der Waals surface area contributed by atoms with E-state index in [1.807, 2.05) is 0 Å². The van der Waals surface area contributed by atoms with E-state index in [2.05, 4.69) is 9.71 Å². The summed E-state index contributed by atoms with van der Waals surface area (Å²) in [5, 5.41) is 9.80. The molecule has 1 aliphatic rings. The van der Waals surface area contributed by atoms with Gasteiger partial charge in [-0.3, -0.25) is 4.79 Å². The van der Waals surface area contributed by atoms with Crippen LogP contribution in [0.1, 0.15) is 42.5 Å². The number of H-pyrrole nitrogens is 1. The van der Waals surface area contributed by atoms with Crippen LogP contribution in [0.15, 0.2) is 47.4 Å². The summed E-state index contributed by atoms with van der Waals surface area (Å²) in [6.07, 6.45) is 4.60. The molecule has 3 N–H and O–H groups in total. The molecule has 8 nitrogen and oxygen atoms in total. The molecule has 0 saturated heterocycles. The molecule has 2 aromatic carbocycles. The monoisotopic (exact) mass is 456 g/mol. The molecular weight excluding hydrogens is 432 g/mol. The van der Waals surface area contributed by atoms with Gasteiger partial charge in [0.05, 0.1) is 18.4 Å². The maximum Gasteiger partial charge on any atom is 0.377 e. The topological polar surface area (TPSA) is 126 Å². The van der Waals surface area contributed by atoms with Crippen LogP contribution < -0.4 is 9.46 Å². The Morgan fingerprint density at radius 3 is 2.50 bits per heavy atom. The van der Waals surface area contributed by atoms with Gasteiger partial charge in [0, 0.05) is 22.5 Å². The minimum atomic E-state index is -3.90. The zero-order valence-electron chi connectivity index (χ0n) is 17.6. The number of carboxylic acid groups (broad SMARTS) is 1. The number of carbonyl (C=O) groups excluding carboxylic acids is 1. The predicted octanol–water partition coefficient (Wildman–Crippen LogP) is 3.72. The summed E-state index contributed by atoms with van der Waals surface area (Å²) in [6.45, 7) is 0. The molecule has 1 fully saturated rings. The predicted molar refractivity (Wildman–Crippen MR) is 119 cm³/mol. The molecule has 3 aromatic rings. The number of ether oxygens (including phenoxy) is 1. The first-order valence-corrected chi connectivity index (χ1v) is 11.9. The smallest absolute Gasteiger partial charge is 0.377 e. The van der Waals surface area contributed by atoms with Crippen molar-refractivity contribution in [3.63, 3.8) is 0 Å². The van der Waals surface area contributed by atoms with Crippen molar-refractivity contribution < 1.29 is 27.9 Å². The van der Waals surface area contributed by atoms with Gasteiger partial charge in [-0.25, -0.2) is 17.9 Å². The van der Waals surface area contributed by atoms with Crippen molar-refractivity contribution in [3.8, 4) is 17.0 Å². The van der Waals surface area contributed by atoms with E-state index < -0.39 is 21.8 Å². The molecule has 168 valence electrons. The van der Waals surface area contributed by atoms with E-state index in [4.69, 9.17) is 4.74 Å². The number of para-hydroxylation sites is 1. The Labute approximate surface area is 185 Å². The molecule has 0 radical (unpaired) electrons. The normalized spacial score (nSPS) is 15.0. The third-order valence-corrected chi connectivity index (χ3v) is 7.34. The molecule has 0 spiro atoms. The quantitative estimate of drug-likeness (QED) is 0.367. The molecule has 32 heavy (non-hydrogen) atoms. The first kappa shape index (κ1) is 22.0. The van der Waals surface area contributed by atoms with Gasteiger partial charge in [0.1, 0.15) is 10.6 Å². The Morgan fingerprint density at radius 1 is 1.09 bits per heavy atom. The fourth-order valence-corrected chi connectivity index (χ4v) is 5.75. The second-order valence-electron chi connectivity index (χ2n) is 7.88. The van der Waals surface area contributed by atoms with Crippen LogP contribution in [-0.4, -0.2) is 43.4 Å². The van der Waals surface area contributed by atoms with Gasteiger partial charge in [0.15, 0.2) is 0 Å². The lowest BCUT2D eigenvalue weighted by molar-refractivity contribution is -0.131. The molecule has 0 bridgehead atoms. The summed E-state index contributed by atoms with van der Waals surface area (Å²) in [5.74, 6) is -2.49. The Balaban J connectivity index is 1.84. The molecule has 1 aromatic heterocycles. The minimum Gasteiger partial charge on any atom is -0.495 e. The molecule has 0 atom stereocenters. The Morgan fingerprint density at radius 2 is 1.81 bits per heavy atom. The number of hydrogen-bond donors (Lipinski definition) is 3. The highest BCUT2D eigenvalue weighted by atomic mass is 32.2. The first-order valence-electron chi connectivity index (χ1n) is 10.4. The van der Waals surface area contributed by atoms with Crippen molar-refractivity contribution in [2.75, 3.05) is 7.11 Å². The summed E-state index contributed by atoms with van der Waals surface area (Å²) in [4.78, 5) is 27.0. The number of Topliss-reactive ketones (excluding diaryl/α,β-unsaturated/α-hetero) is 1. The maximum atomic E-state index is 13.2. The van der Waals surface area contributed by atoms with Gasteiger partial charge in [-0.15, -0.1) is 0 Å². The van der Waals surface area contributed by atoms with Crippen LogP contribution in [0.2, 0.25) is 0 Å². The molecule has 1 aliphatic carbocycles. The summed E-state index contributed by atoms with van der Waals surface area (Å²) in [6, 6.07) is 11.2. The number of aromatic amines is 1. The Kier molecular flexibility index (Phi) is 6.03. The molecule has 1 heterocycles. The highest BCUT2D eigenvalue weighted by Gasteiger charge is 2.28. The lowest BCUT2D eigenvalue weighted by Gasteiger charge is -2.23. The number of ketones is 1. The molecule has 0 aliphatic heterocycles. The number of methoxy groups -OCH3 is 1. The summed E-state index contributed by atoms with van der Waals surface area (Å²) >= 11 is 0. The van der Waals surface area contributed by atoms with Crippen LogP contribution in [0.3, 0.4) is 0 Å². The van der Waals surface area contributed by atoms with E-state index in [1.165, 1.54) is 19.2 Å². The van der Waals surface area contributed by atoms with Crippen LogP contribution >= 0.6 is 0 Å². The van der Waals surface area contributed by atoms with Crippen molar-refractivity contribution in [3.05, 3.63) is 48.0 Å². The largest absolute Gasteiger partial charge is 0.495 e. The molecule has 9 heteroatoms. The lowest BCUT2D eigenvalue weighted by atomic mass is 9.96. The van der Waals surface area contributed by atoms with Gasteiger partial charge in [-0.05, 0) is 37.1 Å². The van der Waals surface area contributed by atoms with Crippen molar-refractivity contribution in [1.82, 2.24) is 9.71 Å². The number of benzene rings is 2. The number of hydrogen-bond acceptors (Lipinski definition) is 5. The lowest BCUT2D eigenvalue weighted by Crippen LogP contribution is -2.36. The zero-order chi connectivity index (χ0) is 22.9.